The molecule has 1 aliphatic heterocycles. The maximum Gasteiger partial charge on any atom is 0.139 e. The average molecular weight is 501 g/mol. The number of Topliss-reactive ketones (excluding diaryl/α,β-unsaturated/α-hetero) is 3. The van der Waals surface area contributed by atoms with E-state index in [-0.39, 0.29) is 51.7 Å². The first kappa shape index (κ1) is 26.5. The van der Waals surface area contributed by atoms with Gasteiger partial charge in [-0.25, -0.2) is 0 Å². The molecular formula is C31H48O5. The topological polar surface area (TPSA) is 80.7 Å². The Balaban J connectivity index is 1.54. The molecule has 1 N–H and O–H groups in total. The zero-order valence-electron chi connectivity index (χ0n) is 23.7. The lowest BCUT2D eigenvalue weighted by molar-refractivity contribution is -0.232. The van der Waals surface area contributed by atoms with Crippen LogP contribution in [0.25, 0.3) is 0 Å². The van der Waals surface area contributed by atoms with Crippen molar-refractivity contribution in [3.8, 4) is 0 Å². The van der Waals surface area contributed by atoms with E-state index in [1.165, 1.54) is 0 Å². The van der Waals surface area contributed by atoms with Gasteiger partial charge in [-0.05, 0) is 87.9 Å². The Bertz CT molecular complexity index is 976. The predicted octanol–water partition coefficient (Wildman–Crippen LogP) is 5.84. The molecule has 0 radical (unpaired) electrons. The first-order valence-electron chi connectivity index (χ1n) is 14.5. The molecule has 2 bridgehead atoms. The SMILES string of the molecule is CC(C)(O)C1CC[C@](C)(C2CC(=O)C[C@@]3(C)C4CC(=O)[C@@H]5CC4(CCCC(=O)C5(C)C)CCC23C)O1. The van der Waals surface area contributed by atoms with E-state index in [0.29, 0.717) is 31.5 Å². The Labute approximate surface area is 217 Å². The van der Waals surface area contributed by atoms with Crippen molar-refractivity contribution < 1.29 is 24.2 Å². The highest BCUT2D eigenvalue weighted by Gasteiger charge is 2.70. The second kappa shape index (κ2) is 7.97. The molecule has 0 aromatic heterocycles. The van der Waals surface area contributed by atoms with E-state index in [1.54, 1.807) is 0 Å². The summed E-state index contributed by atoms with van der Waals surface area (Å²) in [5.41, 5.74) is -2.35. The van der Waals surface area contributed by atoms with Crippen molar-refractivity contribution in [3.05, 3.63) is 0 Å². The summed E-state index contributed by atoms with van der Waals surface area (Å²) in [4.78, 5) is 40.2. The molecule has 4 saturated carbocycles. The zero-order chi connectivity index (χ0) is 26.5. The Hall–Kier alpha value is -1.07. The average Bonchev–Trinajstić information content (AvgIpc) is 3.18. The fraction of sp³-hybridized carbons (Fsp3) is 0.903. The minimum absolute atomic E-state index is 0.0278. The van der Waals surface area contributed by atoms with E-state index in [9.17, 15) is 19.5 Å². The van der Waals surface area contributed by atoms with E-state index < -0.39 is 16.6 Å². The Morgan fingerprint density at radius 2 is 1.58 bits per heavy atom. The molecule has 5 nitrogen and oxygen atoms in total. The van der Waals surface area contributed by atoms with E-state index in [0.717, 1.165) is 44.9 Å². The van der Waals surface area contributed by atoms with Crippen LogP contribution < -0.4 is 0 Å². The van der Waals surface area contributed by atoms with Crippen molar-refractivity contribution in [1.82, 2.24) is 0 Å². The van der Waals surface area contributed by atoms with Crippen LogP contribution in [0.1, 0.15) is 119 Å². The molecule has 36 heavy (non-hydrogen) atoms. The summed E-state index contributed by atoms with van der Waals surface area (Å²) < 4.78 is 6.67. The van der Waals surface area contributed by atoms with Crippen LogP contribution in [0.15, 0.2) is 0 Å². The molecule has 1 heterocycles. The number of hydrogen-bond acceptors (Lipinski definition) is 5. The maximum absolute atomic E-state index is 13.7. The molecule has 0 aromatic carbocycles. The van der Waals surface area contributed by atoms with Crippen molar-refractivity contribution in [2.75, 3.05) is 0 Å². The molecule has 5 aliphatic rings. The molecule has 0 amide bonds. The third-order valence-electron chi connectivity index (χ3n) is 12.6. The van der Waals surface area contributed by atoms with Gasteiger partial charge in [0, 0.05) is 42.9 Å². The molecule has 0 aromatic rings. The predicted molar refractivity (Wildman–Crippen MR) is 138 cm³/mol. The van der Waals surface area contributed by atoms with Gasteiger partial charge in [0.05, 0.1) is 17.3 Å². The van der Waals surface area contributed by atoms with Crippen molar-refractivity contribution in [1.29, 1.82) is 0 Å². The van der Waals surface area contributed by atoms with Crippen LogP contribution in [-0.2, 0) is 19.1 Å². The Morgan fingerprint density at radius 3 is 2.22 bits per heavy atom. The monoisotopic (exact) mass is 500 g/mol. The quantitative estimate of drug-likeness (QED) is 0.515. The highest BCUT2D eigenvalue weighted by molar-refractivity contribution is 5.93. The summed E-state index contributed by atoms with van der Waals surface area (Å²) in [7, 11) is 0. The lowest BCUT2D eigenvalue weighted by Gasteiger charge is -2.69. The van der Waals surface area contributed by atoms with Crippen LogP contribution in [0.2, 0.25) is 0 Å². The van der Waals surface area contributed by atoms with Gasteiger partial charge in [-0.15, -0.1) is 0 Å². The van der Waals surface area contributed by atoms with E-state index in [2.05, 4.69) is 20.8 Å². The van der Waals surface area contributed by atoms with E-state index in [1.807, 2.05) is 27.7 Å². The second-order valence-corrected chi connectivity index (χ2v) is 15.3. The lowest BCUT2D eigenvalue weighted by atomic mass is 9.34. The lowest BCUT2D eigenvalue weighted by Crippen LogP contribution is -2.66. The third-order valence-corrected chi connectivity index (χ3v) is 12.6. The normalized spacial score (nSPS) is 49.2. The standard InChI is InChI=1S/C31H48O5/c1-26(2)20-18-31(11-8-9-24(26)34)14-13-28(5)22(30(7)12-10-25(36-30)27(3,4)35)15-19(32)17-29(28,6)23(31)16-21(20)33/h20,22-23,25,35H,8-18H2,1-7H3/t20-,22?,23?,25?,28?,29-,30+,31?/m0/s1. The van der Waals surface area contributed by atoms with Gasteiger partial charge in [0.1, 0.15) is 17.3 Å². The molecule has 1 spiro atoms. The number of fused-ring (bicyclic) bond motifs is 3. The van der Waals surface area contributed by atoms with Gasteiger partial charge in [-0.1, -0.05) is 27.7 Å². The van der Waals surface area contributed by atoms with Crippen molar-refractivity contribution >= 4 is 17.3 Å². The number of carbonyl (C=O) groups is 3. The maximum atomic E-state index is 13.7. The molecule has 5 heteroatoms. The van der Waals surface area contributed by atoms with Gasteiger partial charge in [0.25, 0.3) is 0 Å². The molecule has 5 rings (SSSR count). The first-order valence-corrected chi connectivity index (χ1v) is 14.5. The minimum atomic E-state index is -0.912. The minimum Gasteiger partial charge on any atom is -0.388 e. The summed E-state index contributed by atoms with van der Waals surface area (Å²) >= 11 is 0. The summed E-state index contributed by atoms with van der Waals surface area (Å²) in [5.74, 6) is 0.805. The van der Waals surface area contributed by atoms with Gasteiger partial charge < -0.3 is 9.84 Å². The number of ketones is 3. The molecule has 202 valence electrons. The fourth-order valence-electron chi connectivity index (χ4n) is 10.1. The van der Waals surface area contributed by atoms with Crippen LogP contribution in [-0.4, -0.2) is 39.8 Å². The Morgan fingerprint density at radius 1 is 0.889 bits per heavy atom. The summed E-state index contributed by atoms with van der Waals surface area (Å²) in [6.45, 7) is 14.5. The second-order valence-electron chi connectivity index (χ2n) is 15.3. The largest absolute Gasteiger partial charge is 0.388 e. The highest BCUT2D eigenvalue weighted by atomic mass is 16.5. The molecule has 8 atom stereocenters. The van der Waals surface area contributed by atoms with Gasteiger partial charge in [-0.3, -0.25) is 14.4 Å². The van der Waals surface area contributed by atoms with Crippen LogP contribution in [0.4, 0.5) is 0 Å². The van der Waals surface area contributed by atoms with Gasteiger partial charge >= 0.3 is 0 Å². The number of rotatable bonds is 2. The van der Waals surface area contributed by atoms with Gasteiger partial charge in [0.2, 0.25) is 0 Å². The molecular weight excluding hydrogens is 452 g/mol. The Kier molecular flexibility index (Phi) is 5.88. The molecule has 5 unspecified atom stereocenters. The van der Waals surface area contributed by atoms with E-state index in [4.69, 9.17) is 4.74 Å². The number of carbonyl (C=O) groups excluding carboxylic acids is 3. The van der Waals surface area contributed by atoms with E-state index >= 15 is 0 Å². The van der Waals surface area contributed by atoms with Gasteiger partial charge in [-0.2, -0.15) is 0 Å². The summed E-state index contributed by atoms with van der Waals surface area (Å²) in [5, 5.41) is 10.7. The number of aliphatic hydroxyl groups is 1. The summed E-state index contributed by atoms with van der Waals surface area (Å²) in [6, 6.07) is 0. The molecule has 1 saturated heterocycles. The van der Waals surface area contributed by atoms with Crippen LogP contribution in [0.5, 0.6) is 0 Å². The summed E-state index contributed by atoms with van der Waals surface area (Å²) in [6.07, 6.45) is 8.30. The van der Waals surface area contributed by atoms with Gasteiger partial charge in [0.15, 0.2) is 0 Å². The van der Waals surface area contributed by atoms with Crippen LogP contribution >= 0.6 is 0 Å². The number of ether oxygens (including phenoxy) is 1. The molecule has 5 fully saturated rings. The zero-order valence-corrected chi connectivity index (χ0v) is 23.7. The third kappa shape index (κ3) is 3.57. The van der Waals surface area contributed by atoms with Crippen molar-refractivity contribution in [2.24, 2.45) is 39.4 Å². The van der Waals surface area contributed by atoms with Crippen LogP contribution in [0, 0.1) is 39.4 Å². The van der Waals surface area contributed by atoms with Crippen LogP contribution in [0.3, 0.4) is 0 Å². The number of hydrogen-bond donors (Lipinski definition) is 1. The smallest absolute Gasteiger partial charge is 0.139 e. The molecule has 4 aliphatic carbocycles. The first-order chi connectivity index (χ1) is 16.5. The highest BCUT2D eigenvalue weighted by Crippen LogP contribution is 2.73. The van der Waals surface area contributed by atoms with Crippen molar-refractivity contribution in [3.63, 3.8) is 0 Å². The van der Waals surface area contributed by atoms with Crippen molar-refractivity contribution in [2.45, 2.75) is 136 Å². The fourth-order valence-corrected chi connectivity index (χ4v) is 10.1.